The van der Waals surface area contributed by atoms with Crippen LogP contribution in [0.3, 0.4) is 0 Å². The molecule has 0 amide bonds. The van der Waals surface area contributed by atoms with Gasteiger partial charge in [-0.25, -0.2) is 4.39 Å². The Bertz CT molecular complexity index is 421. The molecule has 0 spiro atoms. The summed E-state index contributed by atoms with van der Waals surface area (Å²) in [5.74, 6) is 1.67. The van der Waals surface area contributed by atoms with Crippen LogP contribution in [0.15, 0.2) is 29.3 Å². The first-order valence-electron chi connectivity index (χ1n) is 6.94. The third kappa shape index (κ3) is 6.97. The molecule has 0 saturated heterocycles. The summed E-state index contributed by atoms with van der Waals surface area (Å²) in [7, 11) is 1.73. The average Bonchev–Trinajstić information content (AvgIpc) is 2.41. The second kappa shape index (κ2) is 9.18. The van der Waals surface area contributed by atoms with Crippen LogP contribution < -0.4 is 15.4 Å². The molecule has 0 atom stereocenters. The first-order valence-corrected chi connectivity index (χ1v) is 6.94. The van der Waals surface area contributed by atoms with Crippen molar-refractivity contribution in [3.8, 4) is 5.75 Å². The number of guanidine groups is 1. The van der Waals surface area contributed by atoms with Gasteiger partial charge in [0.2, 0.25) is 0 Å². The third-order valence-corrected chi connectivity index (χ3v) is 2.70. The molecule has 1 aromatic rings. The molecule has 4 nitrogen and oxygen atoms in total. The van der Waals surface area contributed by atoms with Crippen LogP contribution in [0.1, 0.15) is 20.3 Å². The van der Waals surface area contributed by atoms with E-state index in [-0.39, 0.29) is 5.82 Å². The van der Waals surface area contributed by atoms with Crippen molar-refractivity contribution >= 4 is 5.96 Å². The monoisotopic (exact) mass is 281 g/mol. The maximum atomic E-state index is 12.9. The molecule has 2 N–H and O–H groups in total. The molecular formula is C15H24FN3O. The Hall–Kier alpha value is -1.78. The van der Waals surface area contributed by atoms with Crippen molar-refractivity contribution < 1.29 is 9.13 Å². The van der Waals surface area contributed by atoms with E-state index in [0.29, 0.717) is 24.8 Å². The second-order valence-corrected chi connectivity index (χ2v) is 4.91. The molecule has 1 aromatic carbocycles. The van der Waals surface area contributed by atoms with Gasteiger partial charge >= 0.3 is 0 Å². The molecule has 112 valence electrons. The molecule has 0 saturated carbocycles. The van der Waals surface area contributed by atoms with Crippen molar-refractivity contribution in [2.24, 2.45) is 10.9 Å². The third-order valence-electron chi connectivity index (χ3n) is 2.70. The lowest BCUT2D eigenvalue weighted by molar-refractivity contribution is 0.320. The number of hydrogen-bond acceptors (Lipinski definition) is 2. The van der Waals surface area contributed by atoms with Crippen molar-refractivity contribution in [1.82, 2.24) is 10.6 Å². The molecular weight excluding hydrogens is 257 g/mol. The van der Waals surface area contributed by atoms with Gasteiger partial charge in [0.05, 0.1) is 6.54 Å². The Balaban J connectivity index is 2.18. The van der Waals surface area contributed by atoms with Gasteiger partial charge in [-0.2, -0.15) is 0 Å². The minimum Gasteiger partial charge on any atom is -0.492 e. The summed E-state index contributed by atoms with van der Waals surface area (Å²) in [5.41, 5.74) is 0. The van der Waals surface area contributed by atoms with Crippen LogP contribution in [0.2, 0.25) is 0 Å². The zero-order valence-corrected chi connectivity index (χ0v) is 12.4. The van der Waals surface area contributed by atoms with Gasteiger partial charge in [-0.15, -0.1) is 0 Å². The summed E-state index contributed by atoms with van der Waals surface area (Å²) >= 11 is 0. The predicted octanol–water partition coefficient (Wildman–Crippen LogP) is 2.42. The first-order chi connectivity index (χ1) is 9.61. The minimum absolute atomic E-state index is 0.290. The highest BCUT2D eigenvalue weighted by molar-refractivity contribution is 5.79. The van der Waals surface area contributed by atoms with Crippen molar-refractivity contribution in [3.63, 3.8) is 0 Å². The Morgan fingerprint density at radius 1 is 1.30 bits per heavy atom. The molecule has 0 bridgehead atoms. The van der Waals surface area contributed by atoms with Crippen molar-refractivity contribution in [1.29, 1.82) is 0 Å². The van der Waals surface area contributed by atoms with Crippen molar-refractivity contribution in [2.75, 3.05) is 26.7 Å². The fraction of sp³-hybridized carbons (Fsp3) is 0.533. The summed E-state index contributed by atoms with van der Waals surface area (Å²) in [5, 5.41) is 6.38. The summed E-state index contributed by atoms with van der Waals surface area (Å²) in [6, 6.07) is 6.13. The average molecular weight is 281 g/mol. The van der Waals surface area contributed by atoms with E-state index in [4.69, 9.17) is 4.74 Å². The number of hydrogen-bond donors (Lipinski definition) is 2. The highest BCUT2D eigenvalue weighted by atomic mass is 19.1. The highest BCUT2D eigenvalue weighted by Crippen LogP contribution is 2.11. The van der Waals surface area contributed by atoms with Gasteiger partial charge in [0.25, 0.3) is 0 Å². The van der Waals surface area contributed by atoms with Crippen LogP contribution in [-0.2, 0) is 0 Å². The van der Waals surface area contributed by atoms with Gasteiger partial charge in [-0.3, -0.25) is 4.99 Å². The van der Waals surface area contributed by atoms with Gasteiger partial charge < -0.3 is 15.4 Å². The van der Waals surface area contributed by atoms with Gasteiger partial charge in [0.1, 0.15) is 18.2 Å². The van der Waals surface area contributed by atoms with E-state index in [2.05, 4.69) is 29.5 Å². The molecule has 5 heteroatoms. The summed E-state index contributed by atoms with van der Waals surface area (Å²) in [4.78, 5) is 4.12. The molecule has 0 heterocycles. The number of benzene rings is 1. The molecule has 0 aromatic heterocycles. The number of ether oxygens (including phenoxy) is 1. The van der Waals surface area contributed by atoms with E-state index in [9.17, 15) is 4.39 Å². The number of halogens is 1. The van der Waals surface area contributed by atoms with Crippen LogP contribution in [0.25, 0.3) is 0 Å². The van der Waals surface area contributed by atoms with Crippen molar-refractivity contribution in [2.45, 2.75) is 20.3 Å². The molecule has 0 radical (unpaired) electrons. The quantitative estimate of drug-likeness (QED) is 0.458. The number of rotatable bonds is 7. The van der Waals surface area contributed by atoms with Crippen LogP contribution in [0, 0.1) is 11.7 Å². The molecule has 0 aliphatic carbocycles. The van der Waals surface area contributed by atoms with E-state index < -0.39 is 0 Å². The second-order valence-electron chi connectivity index (χ2n) is 4.91. The Morgan fingerprint density at radius 3 is 2.70 bits per heavy atom. The van der Waals surface area contributed by atoms with Crippen LogP contribution in [0.4, 0.5) is 4.39 Å². The molecule has 1 rings (SSSR count). The first kappa shape index (κ1) is 16.3. The van der Waals surface area contributed by atoms with Crippen LogP contribution in [-0.4, -0.2) is 32.7 Å². The largest absolute Gasteiger partial charge is 0.492 e. The van der Waals surface area contributed by atoms with E-state index in [0.717, 1.165) is 18.9 Å². The smallest absolute Gasteiger partial charge is 0.191 e. The number of aliphatic imine (C=N–C) groups is 1. The van der Waals surface area contributed by atoms with Crippen LogP contribution in [0.5, 0.6) is 5.75 Å². The number of nitrogens with zero attached hydrogens (tertiary/aromatic N) is 1. The van der Waals surface area contributed by atoms with E-state index in [1.807, 2.05) is 0 Å². The lowest BCUT2D eigenvalue weighted by Gasteiger charge is -2.13. The SMILES string of the molecule is CN=C(NCCOc1cccc(F)c1)NCCC(C)C. The van der Waals surface area contributed by atoms with E-state index in [1.165, 1.54) is 12.1 Å². The molecule has 20 heavy (non-hydrogen) atoms. The Labute approximate surface area is 120 Å². The summed E-state index contributed by atoms with van der Waals surface area (Å²) in [6.45, 7) is 6.32. The van der Waals surface area contributed by atoms with Crippen LogP contribution >= 0.6 is 0 Å². The summed E-state index contributed by atoms with van der Waals surface area (Å²) in [6.07, 6.45) is 1.10. The van der Waals surface area contributed by atoms with Gasteiger partial charge in [-0.05, 0) is 24.5 Å². The van der Waals surface area contributed by atoms with Crippen molar-refractivity contribution in [3.05, 3.63) is 30.1 Å². The molecule has 0 aliphatic rings. The zero-order valence-electron chi connectivity index (χ0n) is 12.4. The molecule has 0 aliphatic heterocycles. The normalized spacial score (nSPS) is 11.6. The van der Waals surface area contributed by atoms with Gasteiger partial charge in [0, 0.05) is 19.7 Å². The lowest BCUT2D eigenvalue weighted by Crippen LogP contribution is -2.39. The zero-order chi connectivity index (χ0) is 14.8. The summed E-state index contributed by atoms with van der Waals surface area (Å²) < 4.78 is 18.4. The molecule has 0 unspecified atom stereocenters. The topological polar surface area (TPSA) is 45.7 Å². The minimum atomic E-state index is -0.290. The fourth-order valence-corrected chi connectivity index (χ4v) is 1.59. The highest BCUT2D eigenvalue weighted by Gasteiger charge is 1.99. The maximum Gasteiger partial charge on any atom is 0.191 e. The predicted molar refractivity (Wildman–Crippen MR) is 80.7 cm³/mol. The fourth-order valence-electron chi connectivity index (χ4n) is 1.59. The van der Waals surface area contributed by atoms with E-state index in [1.54, 1.807) is 19.2 Å². The maximum absolute atomic E-state index is 12.9. The number of nitrogens with one attached hydrogen (secondary N) is 2. The van der Waals surface area contributed by atoms with Gasteiger partial charge in [0.15, 0.2) is 5.96 Å². The van der Waals surface area contributed by atoms with E-state index >= 15 is 0 Å². The van der Waals surface area contributed by atoms with Gasteiger partial charge in [-0.1, -0.05) is 19.9 Å². The standard InChI is InChI=1S/C15H24FN3O/c1-12(2)7-8-18-15(17-3)19-9-10-20-14-6-4-5-13(16)11-14/h4-6,11-12H,7-10H2,1-3H3,(H2,17,18,19). The lowest BCUT2D eigenvalue weighted by atomic mass is 10.1. The Kier molecular flexibility index (Phi) is 7.47. The molecule has 0 fully saturated rings. The Morgan fingerprint density at radius 2 is 2.05 bits per heavy atom.